The van der Waals surface area contributed by atoms with E-state index in [0.29, 0.717) is 35.8 Å². The highest BCUT2D eigenvalue weighted by molar-refractivity contribution is 6.35. The second-order valence-corrected chi connectivity index (χ2v) is 15.1. The number of imide groups is 1. The number of hydrogen-bond acceptors (Lipinski definition) is 12. The molecule has 9 rings (SSSR count). The molecule has 3 fully saturated rings. The summed E-state index contributed by atoms with van der Waals surface area (Å²) in [6, 6.07) is 15.8. The van der Waals surface area contributed by atoms with Gasteiger partial charge in [-0.3, -0.25) is 29.4 Å². The number of nitrogens with two attached hydrogens (primary N) is 1. The molecule has 4 aliphatic rings. The van der Waals surface area contributed by atoms with E-state index < -0.39 is 6.04 Å². The maximum Gasteiger partial charge on any atom is 0.255 e. The van der Waals surface area contributed by atoms with Gasteiger partial charge in [-0.15, -0.1) is 0 Å². The molecule has 0 spiro atoms. The molecule has 3 aromatic heterocycles. The van der Waals surface area contributed by atoms with Crippen LogP contribution in [0.3, 0.4) is 0 Å². The van der Waals surface area contributed by atoms with Crippen LogP contribution in [0, 0.1) is 5.92 Å². The van der Waals surface area contributed by atoms with Crippen LogP contribution in [0.2, 0.25) is 5.02 Å². The average molecular weight is 763 g/mol. The third-order valence-corrected chi connectivity index (χ3v) is 11.6. The van der Waals surface area contributed by atoms with Gasteiger partial charge in [0.25, 0.3) is 5.91 Å². The highest BCUT2D eigenvalue weighted by Crippen LogP contribution is 2.34. The predicted octanol–water partition coefficient (Wildman–Crippen LogP) is 4.56. The van der Waals surface area contributed by atoms with Crippen molar-refractivity contribution in [1.82, 2.24) is 25.1 Å². The number of piperidine rings is 2. The summed E-state index contributed by atoms with van der Waals surface area (Å²) in [4.78, 5) is 68.1. The van der Waals surface area contributed by atoms with Gasteiger partial charge in [-0.25, -0.2) is 9.97 Å². The number of nitrogen functional groups attached to an aromatic ring is 1. The molecule has 15 heteroatoms. The molecule has 4 aliphatic heterocycles. The van der Waals surface area contributed by atoms with Crippen molar-refractivity contribution >= 4 is 68.7 Å². The number of nitrogens with zero attached hydrogens (tertiary/aromatic N) is 6. The third kappa shape index (κ3) is 6.69. The number of hydrogen-bond donors (Lipinski definition) is 2. The first kappa shape index (κ1) is 35.0. The normalized spacial score (nSPS) is 19.7. The number of carbonyl (C=O) groups excluding carboxylic acids is 3. The van der Waals surface area contributed by atoms with Crippen LogP contribution >= 0.6 is 11.6 Å². The number of fused-ring (bicyclic) bond motifs is 3. The van der Waals surface area contributed by atoms with E-state index in [4.69, 9.17) is 26.5 Å². The van der Waals surface area contributed by atoms with Gasteiger partial charge >= 0.3 is 0 Å². The lowest BCUT2D eigenvalue weighted by atomic mass is 9.96. The van der Waals surface area contributed by atoms with Gasteiger partial charge in [0, 0.05) is 76.1 Å². The molecular weight excluding hydrogens is 724 g/mol. The largest absolute Gasteiger partial charge is 0.454 e. The summed E-state index contributed by atoms with van der Waals surface area (Å²) in [7, 11) is 0. The number of carbonyl (C=O) groups is 3. The number of benzene rings is 2. The molecule has 1 unspecified atom stereocenters. The molecule has 3 N–H and O–H groups in total. The minimum Gasteiger partial charge on any atom is -0.454 e. The van der Waals surface area contributed by atoms with Gasteiger partial charge < -0.3 is 29.6 Å². The van der Waals surface area contributed by atoms with Crippen molar-refractivity contribution < 1.29 is 23.5 Å². The lowest BCUT2D eigenvalue weighted by Gasteiger charge is -2.40. The zero-order chi connectivity index (χ0) is 37.8. The summed E-state index contributed by atoms with van der Waals surface area (Å²) in [5.74, 6) is 1.46. The smallest absolute Gasteiger partial charge is 0.255 e. The topological polar surface area (TPSA) is 167 Å². The van der Waals surface area contributed by atoms with Gasteiger partial charge in [-0.1, -0.05) is 23.7 Å². The highest BCUT2D eigenvalue weighted by Gasteiger charge is 2.39. The molecule has 0 aliphatic carbocycles. The van der Waals surface area contributed by atoms with Gasteiger partial charge in [0.2, 0.25) is 17.2 Å². The van der Waals surface area contributed by atoms with Crippen LogP contribution in [0.1, 0.15) is 41.6 Å². The Kier molecular flexibility index (Phi) is 9.01. The Morgan fingerprint density at radius 1 is 0.909 bits per heavy atom. The average Bonchev–Trinajstić information content (AvgIpc) is 3.51. The Bertz CT molecular complexity index is 2410. The number of nitrogens with one attached hydrogen (secondary N) is 1. The standard InChI is InChI=1S/C40H39ClN8O6/c41-28-2-1-3-30-35(28)37(51)36-31(55-30)19-32(38(42)45-36)54-26-6-8-33(43-20-26)48-12-10-23(11-13-48)21-46-14-16-47(17-15-46)25-5-4-24-22-49(40(53)27(24)18-25)29-7-9-34(50)44-39(29)52/h1-6,8,18-20,23,29H,7,9-17,21-22H2,(H2,42,45)(H,44,50,52). The Morgan fingerprint density at radius 3 is 2.49 bits per heavy atom. The molecule has 1 atom stereocenters. The quantitative estimate of drug-likeness (QED) is 0.176. The number of pyridine rings is 2. The Morgan fingerprint density at radius 2 is 1.73 bits per heavy atom. The van der Waals surface area contributed by atoms with E-state index in [0.717, 1.165) is 75.7 Å². The van der Waals surface area contributed by atoms with E-state index in [2.05, 4.69) is 36.1 Å². The first-order chi connectivity index (χ1) is 26.7. The molecular formula is C40H39ClN8O6. The predicted molar refractivity (Wildman–Crippen MR) is 208 cm³/mol. The second kappa shape index (κ2) is 14.2. The molecule has 0 radical (unpaired) electrons. The zero-order valence-electron chi connectivity index (χ0n) is 30.0. The Balaban J connectivity index is 0.760. The van der Waals surface area contributed by atoms with Crippen LogP contribution in [0.5, 0.6) is 11.5 Å². The van der Waals surface area contributed by atoms with Crippen molar-refractivity contribution in [2.75, 3.05) is 61.3 Å². The molecule has 3 saturated heterocycles. The maximum atomic E-state index is 13.3. The van der Waals surface area contributed by atoms with Gasteiger partial charge in [0.15, 0.2) is 22.7 Å². The summed E-state index contributed by atoms with van der Waals surface area (Å²) in [5, 5.41) is 2.92. The van der Waals surface area contributed by atoms with E-state index >= 15 is 0 Å². The molecule has 14 nitrogen and oxygen atoms in total. The molecule has 0 bridgehead atoms. The number of piperazine rings is 1. The van der Waals surface area contributed by atoms with Crippen molar-refractivity contribution in [1.29, 1.82) is 0 Å². The van der Waals surface area contributed by atoms with Gasteiger partial charge in [0.05, 0.1) is 16.6 Å². The summed E-state index contributed by atoms with van der Waals surface area (Å²) < 4.78 is 11.9. The molecule has 55 heavy (non-hydrogen) atoms. The summed E-state index contributed by atoms with van der Waals surface area (Å²) in [6.45, 7) is 6.92. The molecule has 2 aromatic carbocycles. The number of halogens is 1. The molecule has 7 heterocycles. The van der Waals surface area contributed by atoms with Gasteiger partial charge in [0.1, 0.15) is 23.2 Å². The number of rotatable bonds is 7. The number of anilines is 3. The monoisotopic (exact) mass is 762 g/mol. The summed E-state index contributed by atoms with van der Waals surface area (Å²) in [6.07, 6.45) is 4.41. The number of amides is 3. The molecule has 0 saturated carbocycles. The van der Waals surface area contributed by atoms with Crippen LogP contribution in [0.4, 0.5) is 17.3 Å². The first-order valence-electron chi connectivity index (χ1n) is 18.6. The minimum atomic E-state index is -0.606. The summed E-state index contributed by atoms with van der Waals surface area (Å²) in [5.41, 5.74) is 9.12. The molecule has 3 amide bonds. The summed E-state index contributed by atoms with van der Waals surface area (Å²) >= 11 is 6.24. The fourth-order valence-electron chi connectivity index (χ4n) is 8.25. The highest BCUT2D eigenvalue weighted by atomic mass is 35.5. The Labute approximate surface area is 320 Å². The maximum absolute atomic E-state index is 13.3. The minimum absolute atomic E-state index is 0.0542. The number of ether oxygens (including phenoxy) is 1. The fraction of sp³-hybridized carbons (Fsp3) is 0.350. The van der Waals surface area contributed by atoms with Crippen LogP contribution < -0.4 is 31.0 Å². The van der Waals surface area contributed by atoms with E-state index in [9.17, 15) is 19.2 Å². The SMILES string of the molecule is Nc1nc2c(=O)c3c(Cl)cccc3oc2cc1Oc1ccc(N2CCC(CN3CCN(c4ccc5c(c4)C(=O)N(C4CCC(=O)NC4=O)C5)CC3)CC2)nc1. The van der Waals surface area contributed by atoms with E-state index in [1.54, 1.807) is 35.4 Å². The van der Waals surface area contributed by atoms with Crippen LogP contribution in [0.25, 0.3) is 22.1 Å². The fourth-order valence-corrected chi connectivity index (χ4v) is 8.50. The molecule has 282 valence electrons. The van der Waals surface area contributed by atoms with E-state index in [1.807, 2.05) is 24.3 Å². The lowest BCUT2D eigenvalue weighted by molar-refractivity contribution is -0.136. The van der Waals surface area contributed by atoms with Crippen molar-refractivity contribution in [3.63, 3.8) is 0 Å². The van der Waals surface area contributed by atoms with Crippen LogP contribution in [-0.2, 0) is 16.1 Å². The van der Waals surface area contributed by atoms with Crippen LogP contribution in [-0.4, -0.2) is 89.3 Å². The van der Waals surface area contributed by atoms with Crippen molar-refractivity contribution in [3.8, 4) is 11.5 Å². The van der Waals surface area contributed by atoms with Crippen molar-refractivity contribution in [3.05, 3.63) is 87.2 Å². The van der Waals surface area contributed by atoms with Crippen molar-refractivity contribution in [2.45, 2.75) is 38.3 Å². The van der Waals surface area contributed by atoms with Crippen molar-refractivity contribution in [2.24, 2.45) is 5.92 Å². The number of aromatic nitrogens is 2. The first-order valence-corrected chi connectivity index (χ1v) is 19.0. The Hall–Kier alpha value is -5.73. The van der Waals surface area contributed by atoms with Gasteiger partial charge in [-0.2, -0.15) is 0 Å². The van der Waals surface area contributed by atoms with Crippen LogP contribution in [0.15, 0.2) is 70.0 Å². The van der Waals surface area contributed by atoms with E-state index in [1.165, 1.54) is 0 Å². The zero-order valence-corrected chi connectivity index (χ0v) is 30.8. The molecule has 5 aromatic rings. The van der Waals surface area contributed by atoms with E-state index in [-0.39, 0.29) is 62.6 Å². The van der Waals surface area contributed by atoms with Gasteiger partial charge in [-0.05, 0) is 67.1 Å². The third-order valence-electron chi connectivity index (χ3n) is 11.3. The lowest BCUT2D eigenvalue weighted by Crippen LogP contribution is -2.52. The second-order valence-electron chi connectivity index (χ2n) is 14.7.